The molecule has 0 bridgehead atoms. The van der Waals surface area contributed by atoms with Gasteiger partial charge >= 0.3 is 0 Å². The predicted molar refractivity (Wildman–Crippen MR) is 76.9 cm³/mol. The van der Waals surface area contributed by atoms with Crippen LogP contribution in [0.2, 0.25) is 5.15 Å². The smallest absolute Gasteiger partial charge is 0.223 e. The van der Waals surface area contributed by atoms with Gasteiger partial charge in [-0.05, 0) is 40.3 Å². The van der Waals surface area contributed by atoms with Crippen LogP contribution in [0.5, 0.6) is 0 Å². The number of hydrogen-bond donors (Lipinski definition) is 2. The summed E-state index contributed by atoms with van der Waals surface area (Å²) in [4.78, 5) is 10.2. The zero-order valence-electron chi connectivity index (χ0n) is 11.3. The molecule has 0 saturated carbocycles. The maximum Gasteiger partial charge on any atom is 0.223 e. The van der Waals surface area contributed by atoms with Crippen molar-refractivity contribution in [2.75, 3.05) is 31.2 Å². The van der Waals surface area contributed by atoms with Crippen LogP contribution < -0.4 is 11.1 Å². The van der Waals surface area contributed by atoms with Gasteiger partial charge in [0.15, 0.2) is 0 Å². The van der Waals surface area contributed by atoms with Crippen molar-refractivity contribution in [2.24, 2.45) is 0 Å². The number of rotatable bonds is 7. The molecule has 0 aromatic carbocycles. The first-order valence-corrected chi connectivity index (χ1v) is 6.61. The Morgan fingerprint density at radius 2 is 2.11 bits per heavy atom. The third kappa shape index (κ3) is 5.51. The molecule has 0 aliphatic heterocycles. The number of aromatic nitrogens is 2. The highest BCUT2D eigenvalue weighted by Crippen LogP contribution is 2.12. The number of anilines is 2. The van der Waals surface area contributed by atoms with Crippen LogP contribution in [0.1, 0.15) is 26.7 Å². The van der Waals surface area contributed by atoms with E-state index in [4.69, 9.17) is 17.3 Å². The molecule has 0 radical (unpaired) electrons. The van der Waals surface area contributed by atoms with Gasteiger partial charge in [0.2, 0.25) is 5.95 Å². The van der Waals surface area contributed by atoms with Gasteiger partial charge in [0.25, 0.3) is 0 Å². The summed E-state index contributed by atoms with van der Waals surface area (Å²) >= 11 is 5.79. The van der Waals surface area contributed by atoms with Gasteiger partial charge in [0.05, 0.1) is 0 Å². The Hall–Kier alpha value is -1.07. The molecule has 0 aliphatic carbocycles. The SMILES string of the molecule is CC(C)N(C)CCCCNc1cc(Cl)nc(N)n1. The molecule has 1 aromatic rings. The Morgan fingerprint density at radius 1 is 1.39 bits per heavy atom. The van der Waals surface area contributed by atoms with Crippen LogP contribution in [0.25, 0.3) is 0 Å². The molecule has 0 fully saturated rings. The van der Waals surface area contributed by atoms with Crippen LogP contribution in [-0.2, 0) is 0 Å². The van der Waals surface area contributed by atoms with E-state index in [0.717, 1.165) is 25.9 Å². The summed E-state index contributed by atoms with van der Waals surface area (Å²) in [6.07, 6.45) is 2.23. The Balaban J connectivity index is 2.22. The number of halogens is 1. The lowest BCUT2D eigenvalue weighted by Crippen LogP contribution is -2.27. The second kappa shape index (κ2) is 7.38. The summed E-state index contributed by atoms with van der Waals surface area (Å²) in [5.74, 6) is 0.884. The van der Waals surface area contributed by atoms with Crippen molar-refractivity contribution in [3.05, 3.63) is 11.2 Å². The van der Waals surface area contributed by atoms with Crippen LogP contribution in [-0.4, -0.2) is 41.0 Å². The quantitative estimate of drug-likeness (QED) is 0.588. The number of unbranched alkanes of at least 4 members (excludes halogenated alkanes) is 1. The van der Waals surface area contributed by atoms with E-state index >= 15 is 0 Å². The minimum absolute atomic E-state index is 0.199. The fourth-order valence-corrected chi connectivity index (χ4v) is 1.68. The van der Waals surface area contributed by atoms with E-state index in [-0.39, 0.29) is 5.95 Å². The van der Waals surface area contributed by atoms with Crippen molar-refractivity contribution in [3.63, 3.8) is 0 Å². The molecule has 0 amide bonds. The van der Waals surface area contributed by atoms with Crippen LogP contribution in [0.15, 0.2) is 6.07 Å². The minimum atomic E-state index is 0.199. The molecule has 6 heteroatoms. The van der Waals surface area contributed by atoms with Gasteiger partial charge in [-0.3, -0.25) is 0 Å². The molecular weight excluding hydrogens is 250 g/mol. The summed E-state index contributed by atoms with van der Waals surface area (Å²) in [6.45, 7) is 6.36. The summed E-state index contributed by atoms with van der Waals surface area (Å²) < 4.78 is 0. The molecule has 18 heavy (non-hydrogen) atoms. The van der Waals surface area contributed by atoms with E-state index in [2.05, 4.69) is 41.1 Å². The van der Waals surface area contributed by atoms with Gasteiger partial charge in [-0.25, -0.2) is 4.98 Å². The van der Waals surface area contributed by atoms with Gasteiger partial charge in [0.1, 0.15) is 11.0 Å². The van der Waals surface area contributed by atoms with Crippen molar-refractivity contribution >= 4 is 23.4 Å². The van der Waals surface area contributed by atoms with Crippen LogP contribution >= 0.6 is 11.6 Å². The molecule has 0 saturated heterocycles. The Morgan fingerprint density at radius 3 is 2.72 bits per heavy atom. The number of nitrogens with one attached hydrogen (secondary N) is 1. The van der Waals surface area contributed by atoms with Gasteiger partial charge in [-0.1, -0.05) is 11.6 Å². The zero-order valence-corrected chi connectivity index (χ0v) is 12.0. The van der Waals surface area contributed by atoms with E-state index in [1.165, 1.54) is 0 Å². The van der Waals surface area contributed by atoms with Crippen molar-refractivity contribution in [2.45, 2.75) is 32.7 Å². The van der Waals surface area contributed by atoms with E-state index in [9.17, 15) is 0 Å². The Kier molecular flexibility index (Phi) is 6.15. The summed E-state index contributed by atoms with van der Waals surface area (Å²) in [5.41, 5.74) is 5.51. The number of nitrogens with two attached hydrogens (primary N) is 1. The van der Waals surface area contributed by atoms with Crippen molar-refractivity contribution in [3.8, 4) is 0 Å². The average Bonchev–Trinajstić information content (AvgIpc) is 2.26. The lowest BCUT2D eigenvalue weighted by atomic mass is 10.2. The number of nitrogens with zero attached hydrogens (tertiary/aromatic N) is 3. The average molecular weight is 272 g/mol. The fourth-order valence-electron chi connectivity index (χ4n) is 1.49. The largest absolute Gasteiger partial charge is 0.370 e. The Bertz CT molecular complexity index is 349. The minimum Gasteiger partial charge on any atom is -0.370 e. The van der Waals surface area contributed by atoms with Crippen LogP contribution in [0, 0.1) is 0 Å². The van der Waals surface area contributed by atoms with E-state index in [1.54, 1.807) is 6.07 Å². The summed E-state index contributed by atoms with van der Waals surface area (Å²) in [5, 5.41) is 3.56. The lowest BCUT2D eigenvalue weighted by molar-refractivity contribution is 0.269. The Labute approximate surface area is 114 Å². The topological polar surface area (TPSA) is 67.1 Å². The zero-order chi connectivity index (χ0) is 13.5. The maximum atomic E-state index is 5.79. The standard InChI is InChI=1S/C12H22ClN5/c1-9(2)18(3)7-5-4-6-15-11-8-10(13)16-12(14)17-11/h8-9H,4-7H2,1-3H3,(H3,14,15,16,17). The highest BCUT2D eigenvalue weighted by Gasteiger charge is 2.02. The van der Waals surface area contributed by atoms with Crippen molar-refractivity contribution < 1.29 is 0 Å². The molecule has 1 heterocycles. The van der Waals surface area contributed by atoms with Gasteiger partial charge < -0.3 is 16.0 Å². The molecule has 3 N–H and O–H groups in total. The molecular formula is C12H22ClN5. The molecule has 1 aromatic heterocycles. The number of nitrogen functional groups attached to an aromatic ring is 1. The molecule has 0 atom stereocenters. The first-order chi connectivity index (χ1) is 8.49. The van der Waals surface area contributed by atoms with Crippen molar-refractivity contribution in [1.82, 2.24) is 14.9 Å². The van der Waals surface area contributed by atoms with Crippen LogP contribution in [0.4, 0.5) is 11.8 Å². The maximum absolute atomic E-state index is 5.79. The molecule has 102 valence electrons. The van der Waals surface area contributed by atoms with Gasteiger partial charge in [0, 0.05) is 18.7 Å². The van der Waals surface area contributed by atoms with Gasteiger partial charge in [-0.2, -0.15) is 4.98 Å². The first kappa shape index (κ1) is 15.0. The van der Waals surface area contributed by atoms with E-state index in [0.29, 0.717) is 17.0 Å². The number of hydrogen-bond acceptors (Lipinski definition) is 5. The first-order valence-electron chi connectivity index (χ1n) is 6.23. The van der Waals surface area contributed by atoms with E-state index in [1.807, 2.05) is 0 Å². The predicted octanol–water partition coefficient (Wildman–Crippen LogP) is 2.24. The summed E-state index contributed by atoms with van der Waals surface area (Å²) in [6, 6.07) is 2.27. The fraction of sp³-hybridized carbons (Fsp3) is 0.667. The normalized spacial score (nSPS) is 11.2. The monoisotopic (exact) mass is 271 g/mol. The molecule has 0 unspecified atom stereocenters. The highest BCUT2D eigenvalue weighted by molar-refractivity contribution is 6.29. The second-order valence-electron chi connectivity index (χ2n) is 4.64. The molecule has 0 spiro atoms. The lowest BCUT2D eigenvalue weighted by Gasteiger charge is -2.20. The highest BCUT2D eigenvalue weighted by atomic mass is 35.5. The van der Waals surface area contributed by atoms with Gasteiger partial charge in [-0.15, -0.1) is 0 Å². The molecule has 1 rings (SSSR count). The second-order valence-corrected chi connectivity index (χ2v) is 5.03. The summed E-state index contributed by atoms with van der Waals surface area (Å²) in [7, 11) is 2.14. The third-order valence-electron chi connectivity index (χ3n) is 2.84. The molecule has 0 aliphatic rings. The molecule has 5 nitrogen and oxygen atoms in total. The van der Waals surface area contributed by atoms with Crippen molar-refractivity contribution in [1.29, 1.82) is 0 Å². The third-order valence-corrected chi connectivity index (χ3v) is 3.03. The van der Waals surface area contributed by atoms with E-state index < -0.39 is 0 Å². The van der Waals surface area contributed by atoms with Crippen LogP contribution in [0.3, 0.4) is 0 Å².